The third kappa shape index (κ3) is 2.81. The van der Waals surface area contributed by atoms with E-state index in [1.807, 2.05) is 0 Å². The summed E-state index contributed by atoms with van der Waals surface area (Å²) in [4.78, 5) is 0. The van der Waals surface area contributed by atoms with Crippen molar-refractivity contribution in [3.05, 3.63) is 41.5 Å². The Bertz CT molecular complexity index is 370. The van der Waals surface area contributed by atoms with E-state index in [0.29, 0.717) is 0 Å². The summed E-state index contributed by atoms with van der Waals surface area (Å²) in [6, 6.07) is 3.23. The number of allylic oxidation sites excluding steroid dienone is 1. The van der Waals surface area contributed by atoms with Gasteiger partial charge in [0.2, 0.25) is 0 Å². The molecule has 0 aliphatic carbocycles. The van der Waals surface area contributed by atoms with Crippen LogP contribution in [0.2, 0.25) is 0 Å². The molecule has 0 heterocycles. The molecule has 0 spiro atoms. The van der Waals surface area contributed by atoms with Gasteiger partial charge in [0.15, 0.2) is 0 Å². The van der Waals surface area contributed by atoms with Gasteiger partial charge in [-0.15, -0.1) is 0 Å². The molecule has 0 fully saturated rings. The first-order valence-electron chi connectivity index (χ1n) is 4.39. The molecule has 0 unspecified atom stereocenters. The lowest BCUT2D eigenvalue weighted by atomic mass is 10.0. The summed E-state index contributed by atoms with van der Waals surface area (Å²) in [5.41, 5.74) is -1.38. The van der Waals surface area contributed by atoms with E-state index in [9.17, 15) is 22.0 Å². The molecule has 1 aromatic rings. The summed E-state index contributed by atoms with van der Waals surface area (Å²) in [6.07, 6.45) is -4.59. The number of rotatable bonds is 3. The van der Waals surface area contributed by atoms with Crippen molar-refractivity contribution in [2.75, 3.05) is 0 Å². The summed E-state index contributed by atoms with van der Waals surface area (Å²) < 4.78 is 61.7. The SMILES string of the molecule is C=C(c1cc(CF)cc(CF)c1)C(F)(F)F. The number of benzene rings is 1. The van der Waals surface area contributed by atoms with Crippen LogP contribution in [0.25, 0.3) is 5.57 Å². The lowest BCUT2D eigenvalue weighted by Gasteiger charge is -2.12. The number of hydrogen-bond acceptors (Lipinski definition) is 0. The maximum Gasteiger partial charge on any atom is 0.416 e. The molecule has 0 atom stereocenters. The Morgan fingerprint density at radius 3 is 1.75 bits per heavy atom. The van der Waals surface area contributed by atoms with Crippen LogP contribution in [0.15, 0.2) is 24.8 Å². The molecule has 0 N–H and O–H groups in total. The third-order valence-electron chi connectivity index (χ3n) is 2.05. The van der Waals surface area contributed by atoms with Gasteiger partial charge in [0.25, 0.3) is 0 Å². The summed E-state index contributed by atoms with van der Waals surface area (Å²) in [5.74, 6) is 0. The average molecular weight is 236 g/mol. The van der Waals surface area contributed by atoms with Crippen LogP contribution >= 0.6 is 0 Å². The van der Waals surface area contributed by atoms with Crippen LogP contribution in [0.4, 0.5) is 22.0 Å². The summed E-state index contributed by atoms with van der Waals surface area (Å²) in [6.45, 7) is 1.00. The largest absolute Gasteiger partial charge is 0.416 e. The highest BCUT2D eigenvalue weighted by Gasteiger charge is 2.33. The minimum atomic E-state index is -4.59. The Hall–Kier alpha value is -1.39. The molecule has 88 valence electrons. The van der Waals surface area contributed by atoms with Gasteiger partial charge in [-0.3, -0.25) is 0 Å². The highest BCUT2D eigenvalue weighted by Crippen LogP contribution is 2.33. The summed E-state index contributed by atoms with van der Waals surface area (Å²) in [5, 5.41) is 0. The van der Waals surface area contributed by atoms with Crippen molar-refractivity contribution in [3.63, 3.8) is 0 Å². The average Bonchev–Trinajstić information content (AvgIpc) is 2.26. The second-order valence-corrected chi connectivity index (χ2v) is 3.28. The van der Waals surface area contributed by atoms with Gasteiger partial charge in [-0.25, -0.2) is 8.78 Å². The van der Waals surface area contributed by atoms with Gasteiger partial charge < -0.3 is 0 Å². The molecule has 5 heteroatoms. The fourth-order valence-corrected chi connectivity index (χ4v) is 1.25. The van der Waals surface area contributed by atoms with Crippen LogP contribution in [0.1, 0.15) is 16.7 Å². The minimum Gasteiger partial charge on any atom is -0.246 e. The molecule has 1 rings (SSSR count). The molecule has 0 bridgehead atoms. The van der Waals surface area contributed by atoms with Crippen molar-refractivity contribution < 1.29 is 22.0 Å². The maximum atomic E-state index is 12.3. The first-order chi connectivity index (χ1) is 7.38. The smallest absolute Gasteiger partial charge is 0.246 e. The lowest BCUT2D eigenvalue weighted by Crippen LogP contribution is -2.10. The first-order valence-corrected chi connectivity index (χ1v) is 4.39. The standard InChI is InChI=1S/C11H9F5/c1-7(11(14,15)16)10-3-8(5-12)2-9(4-10)6-13/h2-4H,1,5-6H2. The fraction of sp³-hybridized carbons (Fsp3) is 0.273. The van der Waals surface area contributed by atoms with Crippen molar-refractivity contribution in [1.29, 1.82) is 0 Å². The molecule has 0 radical (unpaired) electrons. The van der Waals surface area contributed by atoms with E-state index in [4.69, 9.17) is 0 Å². The Balaban J connectivity index is 3.18. The normalized spacial score (nSPS) is 11.6. The van der Waals surface area contributed by atoms with Crippen molar-refractivity contribution in [1.82, 2.24) is 0 Å². The van der Waals surface area contributed by atoms with Gasteiger partial charge in [0.05, 0.1) is 5.57 Å². The van der Waals surface area contributed by atoms with E-state index in [-0.39, 0.29) is 16.7 Å². The van der Waals surface area contributed by atoms with E-state index in [1.165, 1.54) is 6.07 Å². The van der Waals surface area contributed by atoms with E-state index in [1.54, 1.807) is 0 Å². The van der Waals surface area contributed by atoms with Crippen molar-refractivity contribution in [3.8, 4) is 0 Å². The molecular formula is C11H9F5. The molecule has 0 saturated heterocycles. The van der Waals surface area contributed by atoms with E-state index >= 15 is 0 Å². The van der Waals surface area contributed by atoms with Gasteiger partial charge in [-0.2, -0.15) is 13.2 Å². The molecule has 0 amide bonds. The van der Waals surface area contributed by atoms with Gasteiger partial charge in [-0.05, 0) is 28.8 Å². The Morgan fingerprint density at radius 2 is 1.44 bits per heavy atom. The van der Waals surface area contributed by atoms with Crippen LogP contribution < -0.4 is 0 Å². The van der Waals surface area contributed by atoms with E-state index in [2.05, 4.69) is 6.58 Å². The molecule has 0 aliphatic rings. The predicted octanol–water partition coefficient (Wildman–Crippen LogP) is 4.20. The van der Waals surface area contributed by atoms with Gasteiger partial charge >= 0.3 is 6.18 Å². The van der Waals surface area contributed by atoms with E-state index < -0.39 is 25.1 Å². The summed E-state index contributed by atoms with van der Waals surface area (Å²) >= 11 is 0. The molecule has 1 aromatic carbocycles. The van der Waals surface area contributed by atoms with Crippen LogP contribution in [0.5, 0.6) is 0 Å². The second-order valence-electron chi connectivity index (χ2n) is 3.28. The minimum absolute atomic E-state index is 0.00977. The fourth-order valence-electron chi connectivity index (χ4n) is 1.25. The molecule has 0 aliphatic heterocycles. The zero-order valence-corrected chi connectivity index (χ0v) is 8.24. The topological polar surface area (TPSA) is 0 Å². The van der Waals surface area contributed by atoms with Gasteiger partial charge in [-0.1, -0.05) is 12.6 Å². The number of hydrogen-bond donors (Lipinski definition) is 0. The Labute approximate surface area is 89.4 Å². The molecule has 0 aromatic heterocycles. The van der Waals surface area contributed by atoms with E-state index in [0.717, 1.165) is 12.1 Å². The molecule has 0 saturated carbocycles. The van der Waals surface area contributed by atoms with Crippen molar-refractivity contribution in [2.24, 2.45) is 0 Å². The third-order valence-corrected chi connectivity index (χ3v) is 2.05. The van der Waals surface area contributed by atoms with Crippen molar-refractivity contribution >= 4 is 5.57 Å². The van der Waals surface area contributed by atoms with Crippen LogP contribution in [-0.4, -0.2) is 6.18 Å². The first kappa shape index (κ1) is 12.7. The van der Waals surface area contributed by atoms with Gasteiger partial charge in [0, 0.05) is 0 Å². The maximum absolute atomic E-state index is 12.3. The number of halogens is 5. The molecule has 0 nitrogen and oxygen atoms in total. The van der Waals surface area contributed by atoms with Crippen LogP contribution in [0.3, 0.4) is 0 Å². The van der Waals surface area contributed by atoms with Gasteiger partial charge in [0.1, 0.15) is 13.3 Å². The van der Waals surface area contributed by atoms with Crippen LogP contribution in [0, 0.1) is 0 Å². The molecular weight excluding hydrogens is 227 g/mol. The predicted molar refractivity (Wildman–Crippen MR) is 51.2 cm³/mol. The zero-order chi connectivity index (χ0) is 12.3. The monoisotopic (exact) mass is 236 g/mol. The number of alkyl halides is 5. The molecule has 16 heavy (non-hydrogen) atoms. The second kappa shape index (κ2) is 4.63. The summed E-state index contributed by atoms with van der Waals surface area (Å²) in [7, 11) is 0. The Kier molecular flexibility index (Phi) is 3.67. The zero-order valence-electron chi connectivity index (χ0n) is 8.24. The van der Waals surface area contributed by atoms with Crippen LogP contribution in [-0.2, 0) is 13.3 Å². The Morgan fingerprint density at radius 1 is 1.00 bits per heavy atom. The lowest BCUT2D eigenvalue weighted by molar-refractivity contribution is -0.0686. The highest BCUT2D eigenvalue weighted by atomic mass is 19.4. The quantitative estimate of drug-likeness (QED) is 0.690. The highest BCUT2D eigenvalue weighted by molar-refractivity contribution is 5.68. The van der Waals surface area contributed by atoms with Crippen molar-refractivity contribution in [2.45, 2.75) is 19.5 Å².